The number of nitrogens with two attached hydrogens (primary N) is 1. The van der Waals surface area contributed by atoms with Crippen LogP contribution in [-0.4, -0.2) is 36.6 Å². The van der Waals surface area contributed by atoms with Crippen molar-refractivity contribution in [1.29, 1.82) is 0 Å². The molecule has 6 heteroatoms. The van der Waals surface area contributed by atoms with Crippen LogP contribution >= 0.6 is 23.7 Å². The molecule has 1 unspecified atom stereocenters. The molecule has 1 aromatic heterocycles. The average molecular weight is 305 g/mol. The van der Waals surface area contributed by atoms with Crippen LogP contribution in [0.3, 0.4) is 0 Å². The lowest BCUT2D eigenvalue weighted by Crippen LogP contribution is -2.38. The number of rotatable bonds is 4. The van der Waals surface area contributed by atoms with Crippen molar-refractivity contribution in [2.45, 2.75) is 38.0 Å². The molecule has 4 nitrogen and oxygen atoms in total. The number of likely N-dealkylation sites (N-methyl/N-ethyl adjacent to an activating group) is 1. The number of ether oxygens (including phenoxy) is 1. The molecule has 19 heavy (non-hydrogen) atoms. The third kappa shape index (κ3) is 3.69. The van der Waals surface area contributed by atoms with Crippen LogP contribution in [0.15, 0.2) is 17.5 Å². The highest BCUT2D eigenvalue weighted by Crippen LogP contribution is 2.27. The van der Waals surface area contributed by atoms with Gasteiger partial charge in [-0.1, -0.05) is 6.07 Å². The topological polar surface area (TPSA) is 55.6 Å². The molecule has 1 saturated heterocycles. The van der Waals surface area contributed by atoms with E-state index in [9.17, 15) is 4.79 Å². The van der Waals surface area contributed by atoms with Crippen LogP contribution in [0.4, 0.5) is 0 Å². The number of hydrogen-bond donors (Lipinski definition) is 1. The van der Waals surface area contributed by atoms with Gasteiger partial charge in [-0.2, -0.15) is 0 Å². The number of carbonyl (C=O) groups is 1. The number of nitrogens with zero attached hydrogens (tertiary/aromatic N) is 1. The molecular formula is C13H21ClN2O2S. The highest BCUT2D eigenvalue weighted by atomic mass is 35.5. The Morgan fingerprint density at radius 1 is 1.63 bits per heavy atom. The predicted molar refractivity (Wildman–Crippen MR) is 79.7 cm³/mol. The second-order valence-electron chi connectivity index (χ2n) is 4.70. The van der Waals surface area contributed by atoms with Crippen molar-refractivity contribution in [3.63, 3.8) is 0 Å². The molecule has 2 N–H and O–H groups in total. The first-order valence-corrected chi connectivity index (χ1v) is 7.17. The largest absolute Gasteiger partial charge is 0.364 e. The molecule has 1 aromatic rings. The lowest BCUT2D eigenvalue weighted by atomic mass is 10.1. The lowest BCUT2D eigenvalue weighted by molar-refractivity contribution is -0.143. The lowest BCUT2D eigenvalue weighted by Gasteiger charge is -2.26. The minimum atomic E-state index is -0.314. The van der Waals surface area contributed by atoms with Gasteiger partial charge in [0.25, 0.3) is 5.91 Å². The van der Waals surface area contributed by atoms with Gasteiger partial charge in [0.2, 0.25) is 0 Å². The summed E-state index contributed by atoms with van der Waals surface area (Å²) in [7, 11) is 1.84. The highest BCUT2D eigenvalue weighted by molar-refractivity contribution is 7.10. The van der Waals surface area contributed by atoms with Crippen molar-refractivity contribution in [3.8, 4) is 0 Å². The van der Waals surface area contributed by atoms with Crippen LogP contribution in [0.1, 0.15) is 30.7 Å². The Labute approximate surface area is 124 Å². The van der Waals surface area contributed by atoms with E-state index in [4.69, 9.17) is 10.5 Å². The molecule has 1 amide bonds. The molecule has 3 atom stereocenters. The SMILES string of the molecule is CC(c1cccs1)N(C)C(=O)[C@@H]1CC[C@H](CN)O1.Cl. The van der Waals surface area contributed by atoms with E-state index in [1.165, 1.54) is 4.88 Å². The van der Waals surface area contributed by atoms with Gasteiger partial charge in [0.05, 0.1) is 12.1 Å². The van der Waals surface area contributed by atoms with Gasteiger partial charge < -0.3 is 15.4 Å². The Kier molecular flexibility index (Phi) is 6.26. The summed E-state index contributed by atoms with van der Waals surface area (Å²) in [6.45, 7) is 2.53. The molecule has 0 saturated carbocycles. The van der Waals surface area contributed by atoms with Gasteiger partial charge in [-0.25, -0.2) is 0 Å². The Balaban J connectivity index is 0.00000180. The van der Waals surface area contributed by atoms with Crippen molar-refractivity contribution in [1.82, 2.24) is 4.90 Å². The standard InChI is InChI=1S/C13H20N2O2S.ClH/c1-9(12-4-3-7-18-12)15(2)13(16)11-6-5-10(8-14)17-11;/h3-4,7,9-11H,5-6,8,14H2,1-2H3;1H/t9?,10-,11+;/m1./s1. The third-order valence-electron chi connectivity index (χ3n) is 3.53. The Bertz CT molecular complexity index is 399. The molecule has 108 valence electrons. The molecule has 0 aromatic carbocycles. The maximum atomic E-state index is 12.3. The molecule has 2 heterocycles. The van der Waals surface area contributed by atoms with E-state index in [1.807, 2.05) is 25.4 Å². The molecule has 0 aliphatic carbocycles. The van der Waals surface area contributed by atoms with E-state index in [0.717, 1.165) is 12.8 Å². The van der Waals surface area contributed by atoms with E-state index < -0.39 is 0 Å². The molecule has 0 spiro atoms. The first-order chi connectivity index (χ1) is 8.63. The van der Waals surface area contributed by atoms with Gasteiger partial charge >= 0.3 is 0 Å². The summed E-state index contributed by atoms with van der Waals surface area (Å²) in [6, 6.07) is 4.15. The fraction of sp³-hybridized carbons (Fsp3) is 0.615. The van der Waals surface area contributed by atoms with Crippen molar-refractivity contribution >= 4 is 29.7 Å². The monoisotopic (exact) mass is 304 g/mol. The van der Waals surface area contributed by atoms with Gasteiger partial charge in [0.15, 0.2) is 0 Å². The molecule has 0 bridgehead atoms. The Hall–Kier alpha value is -0.620. The molecule has 1 aliphatic heterocycles. The van der Waals surface area contributed by atoms with Crippen LogP contribution < -0.4 is 5.73 Å². The van der Waals surface area contributed by atoms with Crippen LogP contribution in [0.2, 0.25) is 0 Å². The predicted octanol–water partition coefficient (Wildman–Crippen LogP) is 2.20. The van der Waals surface area contributed by atoms with Gasteiger partial charge in [-0.15, -0.1) is 23.7 Å². The van der Waals surface area contributed by atoms with Crippen molar-refractivity contribution in [2.24, 2.45) is 5.73 Å². The summed E-state index contributed by atoms with van der Waals surface area (Å²) in [6.07, 6.45) is 1.39. The highest BCUT2D eigenvalue weighted by Gasteiger charge is 2.33. The van der Waals surface area contributed by atoms with E-state index in [0.29, 0.717) is 6.54 Å². The van der Waals surface area contributed by atoms with E-state index >= 15 is 0 Å². The van der Waals surface area contributed by atoms with E-state index in [2.05, 4.69) is 6.07 Å². The summed E-state index contributed by atoms with van der Waals surface area (Å²) in [5.74, 6) is 0.0619. The minimum Gasteiger partial charge on any atom is -0.364 e. The summed E-state index contributed by atoms with van der Waals surface area (Å²) in [5, 5.41) is 2.03. The van der Waals surface area contributed by atoms with E-state index in [1.54, 1.807) is 16.2 Å². The number of halogens is 1. The summed E-state index contributed by atoms with van der Waals surface area (Å²) < 4.78 is 5.65. The third-order valence-corrected chi connectivity index (χ3v) is 4.57. The molecule has 2 rings (SSSR count). The van der Waals surface area contributed by atoms with Gasteiger partial charge in [0, 0.05) is 18.5 Å². The van der Waals surface area contributed by atoms with Gasteiger partial charge in [-0.3, -0.25) is 4.79 Å². The number of carbonyl (C=O) groups excluding carboxylic acids is 1. The average Bonchev–Trinajstić information content (AvgIpc) is 3.06. The van der Waals surface area contributed by atoms with Crippen LogP contribution in [0.25, 0.3) is 0 Å². The summed E-state index contributed by atoms with van der Waals surface area (Å²) in [4.78, 5) is 15.3. The van der Waals surface area contributed by atoms with Crippen LogP contribution in [-0.2, 0) is 9.53 Å². The zero-order valence-corrected chi connectivity index (χ0v) is 12.9. The fourth-order valence-electron chi connectivity index (χ4n) is 2.20. The smallest absolute Gasteiger partial charge is 0.251 e. The maximum absolute atomic E-state index is 12.3. The van der Waals surface area contributed by atoms with Crippen molar-refractivity contribution in [2.75, 3.05) is 13.6 Å². The maximum Gasteiger partial charge on any atom is 0.251 e. The van der Waals surface area contributed by atoms with Crippen LogP contribution in [0.5, 0.6) is 0 Å². The second kappa shape index (κ2) is 7.24. The zero-order chi connectivity index (χ0) is 13.1. The molecule has 1 aliphatic rings. The first-order valence-electron chi connectivity index (χ1n) is 6.29. The number of hydrogen-bond acceptors (Lipinski definition) is 4. The Morgan fingerprint density at radius 3 is 2.89 bits per heavy atom. The van der Waals surface area contributed by atoms with Crippen molar-refractivity contribution in [3.05, 3.63) is 22.4 Å². The van der Waals surface area contributed by atoms with E-state index in [-0.39, 0.29) is 36.6 Å². The summed E-state index contributed by atoms with van der Waals surface area (Å²) >= 11 is 1.67. The molecule has 0 radical (unpaired) electrons. The fourth-order valence-corrected chi connectivity index (χ4v) is 3.03. The van der Waals surface area contributed by atoms with Crippen molar-refractivity contribution < 1.29 is 9.53 Å². The number of amides is 1. The van der Waals surface area contributed by atoms with Gasteiger partial charge in [-0.05, 0) is 31.2 Å². The Morgan fingerprint density at radius 2 is 2.37 bits per heavy atom. The van der Waals surface area contributed by atoms with Crippen LogP contribution in [0, 0.1) is 0 Å². The quantitative estimate of drug-likeness (QED) is 0.928. The summed E-state index contributed by atoms with van der Waals surface area (Å²) in [5.41, 5.74) is 5.56. The van der Waals surface area contributed by atoms with Gasteiger partial charge in [0.1, 0.15) is 6.10 Å². The minimum absolute atomic E-state index is 0. The second-order valence-corrected chi connectivity index (χ2v) is 5.68. The normalized spacial score (nSPS) is 23.7. The number of thiophene rings is 1. The zero-order valence-electron chi connectivity index (χ0n) is 11.2. The molecular weight excluding hydrogens is 284 g/mol. The molecule has 1 fully saturated rings. The first kappa shape index (κ1) is 16.4.